The third-order valence-electron chi connectivity index (χ3n) is 3.01. The predicted octanol–water partition coefficient (Wildman–Crippen LogP) is 3.84. The molecule has 0 fully saturated rings. The molecule has 116 valence electrons. The first-order chi connectivity index (χ1) is 10.5. The monoisotopic (exact) mass is 318 g/mol. The quantitative estimate of drug-likeness (QED) is 0.849. The third-order valence-corrected chi connectivity index (χ3v) is 3.25. The Kier molecular flexibility index (Phi) is 5.72. The molecule has 2 aromatic rings. The molecule has 0 aliphatic heterocycles. The number of nitrogens with one attached hydrogen (secondary N) is 2. The largest absolute Gasteiger partial charge is 0.370 e. The number of halogens is 1. The number of hydrogen-bond acceptors (Lipinski definition) is 4. The molecule has 0 spiro atoms. The minimum atomic E-state index is -0.295. The van der Waals surface area contributed by atoms with Crippen LogP contribution in [0.3, 0.4) is 0 Å². The van der Waals surface area contributed by atoms with Crippen molar-refractivity contribution in [1.82, 2.24) is 9.97 Å². The summed E-state index contributed by atoms with van der Waals surface area (Å²) >= 11 is 5.90. The van der Waals surface area contributed by atoms with Crippen LogP contribution in [0.15, 0.2) is 36.7 Å². The van der Waals surface area contributed by atoms with Gasteiger partial charge in [0.1, 0.15) is 17.8 Å². The number of amides is 1. The second-order valence-electron chi connectivity index (χ2n) is 5.36. The van der Waals surface area contributed by atoms with Crippen LogP contribution < -0.4 is 10.6 Å². The second-order valence-corrected chi connectivity index (χ2v) is 5.80. The van der Waals surface area contributed by atoms with E-state index in [1.807, 2.05) is 0 Å². The number of aromatic nitrogens is 2. The molecule has 0 atom stereocenters. The van der Waals surface area contributed by atoms with Gasteiger partial charge in [0.25, 0.3) is 5.91 Å². The highest BCUT2D eigenvalue weighted by Gasteiger charge is 2.09. The van der Waals surface area contributed by atoms with Crippen LogP contribution in [0.1, 0.15) is 30.8 Å². The lowest BCUT2D eigenvalue weighted by atomic mass is 10.1. The Hall–Kier alpha value is -2.14. The summed E-state index contributed by atoms with van der Waals surface area (Å²) in [5.74, 6) is 0.961. The molecule has 0 aliphatic rings. The first-order valence-electron chi connectivity index (χ1n) is 7.17. The van der Waals surface area contributed by atoms with Gasteiger partial charge < -0.3 is 10.6 Å². The maximum atomic E-state index is 12.2. The lowest BCUT2D eigenvalue weighted by Crippen LogP contribution is -2.15. The van der Waals surface area contributed by atoms with Gasteiger partial charge in [-0.05, 0) is 30.5 Å². The van der Waals surface area contributed by atoms with Crippen LogP contribution in [-0.2, 0) is 0 Å². The molecule has 0 aliphatic carbocycles. The van der Waals surface area contributed by atoms with Gasteiger partial charge in [0.2, 0.25) is 0 Å². The number of nitrogens with zero attached hydrogens (tertiary/aromatic N) is 2. The molecule has 0 unspecified atom stereocenters. The molecule has 0 radical (unpaired) electrons. The zero-order valence-corrected chi connectivity index (χ0v) is 13.4. The van der Waals surface area contributed by atoms with Gasteiger partial charge in [0.15, 0.2) is 0 Å². The first kappa shape index (κ1) is 16.2. The summed E-state index contributed by atoms with van der Waals surface area (Å²) in [4.78, 5) is 20.3. The SMILES string of the molecule is CC(C)CCNc1cc(C(=O)Nc2cccc(Cl)c2)ncn1. The van der Waals surface area contributed by atoms with Crippen molar-refractivity contribution in [3.63, 3.8) is 0 Å². The lowest BCUT2D eigenvalue weighted by Gasteiger charge is -2.09. The number of hydrogen-bond donors (Lipinski definition) is 2. The van der Waals surface area contributed by atoms with Crippen molar-refractivity contribution in [2.24, 2.45) is 5.92 Å². The highest BCUT2D eigenvalue weighted by molar-refractivity contribution is 6.30. The fourth-order valence-electron chi connectivity index (χ4n) is 1.83. The van der Waals surface area contributed by atoms with Gasteiger partial charge in [-0.25, -0.2) is 9.97 Å². The zero-order valence-electron chi connectivity index (χ0n) is 12.6. The van der Waals surface area contributed by atoms with Crippen LogP contribution in [0, 0.1) is 5.92 Å². The van der Waals surface area contributed by atoms with Crippen molar-refractivity contribution in [1.29, 1.82) is 0 Å². The Labute approximate surface area is 135 Å². The smallest absolute Gasteiger partial charge is 0.274 e. The molecule has 1 aromatic carbocycles. The van der Waals surface area contributed by atoms with Gasteiger partial charge in [-0.15, -0.1) is 0 Å². The Balaban J connectivity index is 2.00. The van der Waals surface area contributed by atoms with Crippen molar-refractivity contribution in [2.75, 3.05) is 17.2 Å². The molecule has 2 N–H and O–H groups in total. The van der Waals surface area contributed by atoms with Gasteiger partial charge in [-0.3, -0.25) is 4.79 Å². The van der Waals surface area contributed by atoms with E-state index in [-0.39, 0.29) is 5.91 Å². The van der Waals surface area contributed by atoms with E-state index in [0.717, 1.165) is 13.0 Å². The number of rotatable bonds is 6. The Morgan fingerprint density at radius 2 is 2.09 bits per heavy atom. The number of carbonyl (C=O) groups is 1. The van der Waals surface area contributed by atoms with E-state index in [9.17, 15) is 4.79 Å². The number of carbonyl (C=O) groups excluding carboxylic acids is 1. The fraction of sp³-hybridized carbons (Fsp3) is 0.312. The minimum Gasteiger partial charge on any atom is -0.370 e. The van der Waals surface area contributed by atoms with E-state index in [1.54, 1.807) is 30.3 Å². The highest BCUT2D eigenvalue weighted by Crippen LogP contribution is 2.16. The Morgan fingerprint density at radius 3 is 2.82 bits per heavy atom. The normalized spacial score (nSPS) is 10.5. The Morgan fingerprint density at radius 1 is 1.27 bits per heavy atom. The van der Waals surface area contributed by atoms with Crippen LogP contribution in [0.25, 0.3) is 0 Å². The third kappa shape index (κ3) is 5.00. The van der Waals surface area contributed by atoms with Gasteiger partial charge >= 0.3 is 0 Å². The summed E-state index contributed by atoms with van der Waals surface area (Å²) in [6, 6.07) is 8.62. The predicted molar refractivity (Wildman–Crippen MR) is 89.4 cm³/mol. The van der Waals surface area contributed by atoms with Gasteiger partial charge in [-0.2, -0.15) is 0 Å². The van der Waals surface area contributed by atoms with Crippen molar-refractivity contribution in [3.8, 4) is 0 Å². The van der Waals surface area contributed by atoms with Crippen LogP contribution in [0.4, 0.5) is 11.5 Å². The molecule has 0 bridgehead atoms. The van der Waals surface area contributed by atoms with E-state index >= 15 is 0 Å². The number of anilines is 2. The highest BCUT2D eigenvalue weighted by atomic mass is 35.5. The van der Waals surface area contributed by atoms with Crippen LogP contribution in [0.5, 0.6) is 0 Å². The van der Waals surface area contributed by atoms with E-state index in [1.165, 1.54) is 6.33 Å². The molecule has 0 saturated carbocycles. The minimum absolute atomic E-state index is 0.295. The molecular formula is C16H19ClN4O. The van der Waals surface area contributed by atoms with Crippen molar-refractivity contribution in [2.45, 2.75) is 20.3 Å². The molecule has 1 amide bonds. The first-order valence-corrected chi connectivity index (χ1v) is 7.55. The number of benzene rings is 1. The molecule has 1 aromatic heterocycles. The van der Waals surface area contributed by atoms with Crippen molar-refractivity contribution in [3.05, 3.63) is 47.4 Å². The fourth-order valence-corrected chi connectivity index (χ4v) is 2.02. The van der Waals surface area contributed by atoms with Gasteiger partial charge in [0.05, 0.1) is 0 Å². The van der Waals surface area contributed by atoms with E-state index in [0.29, 0.717) is 28.1 Å². The van der Waals surface area contributed by atoms with Gasteiger partial charge in [-0.1, -0.05) is 31.5 Å². The molecular weight excluding hydrogens is 300 g/mol. The standard InChI is InChI=1S/C16H19ClN4O/c1-11(2)6-7-18-15-9-14(19-10-20-15)16(22)21-13-5-3-4-12(17)8-13/h3-5,8-11H,6-7H2,1-2H3,(H,21,22)(H,18,19,20). The van der Waals surface area contributed by atoms with E-state index in [2.05, 4.69) is 34.4 Å². The topological polar surface area (TPSA) is 66.9 Å². The maximum Gasteiger partial charge on any atom is 0.274 e. The maximum absolute atomic E-state index is 12.2. The summed E-state index contributed by atoms with van der Waals surface area (Å²) in [6.45, 7) is 5.13. The average Bonchev–Trinajstić information content (AvgIpc) is 2.47. The summed E-state index contributed by atoms with van der Waals surface area (Å²) in [6.07, 6.45) is 2.42. The van der Waals surface area contributed by atoms with Crippen LogP contribution in [0.2, 0.25) is 5.02 Å². The van der Waals surface area contributed by atoms with Crippen LogP contribution in [-0.4, -0.2) is 22.4 Å². The summed E-state index contributed by atoms with van der Waals surface area (Å²) < 4.78 is 0. The molecule has 1 heterocycles. The van der Waals surface area contributed by atoms with E-state index in [4.69, 9.17) is 11.6 Å². The Bertz CT molecular complexity index is 646. The molecule has 5 nitrogen and oxygen atoms in total. The van der Waals surface area contributed by atoms with Gasteiger partial charge in [0, 0.05) is 23.3 Å². The average molecular weight is 319 g/mol. The van der Waals surface area contributed by atoms with Crippen molar-refractivity contribution < 1.29 is 4.79 Å². The van der Waals surface area contributed by atoms with E-state index < -0.39 is 0 Å². The molecule has 2 rings (SSSR count). The lowest BCUT2D eigenvalue weighted by molar-refractivity contribution is 0.102. The van der Waals surface area contributed by atoms with Crippen LogP contribution >= 0.6 is 11.6 Å². The van der Waals surface area contributed by atoms with Crippen molar-refractivity contribution >= 4 is 29.0 Å². The second kappa shape index (κ2) is 7.75. The zero-order chi connectivity index (χ0) is 15.9. The molecule has 6 heteroatoms. The molecule has 0 saturated heterocycles. The summed E-state index contributed by atoms with van der Waals surface area (Å²) in [7, 11) is 0. The summed E-state index contributed by atoms with van der Waals surface area (Å²) in [5, 5.41) is 6.52. The summed E-state index contributed by atoms with van der Waals surface area (Å²) in [5.41, 5.74) is 0.937. The molecule has 22 heavy (non-hydrogen) atoms.